The molecular weight excluding hydrogens is 396 g/mol. The maximum atomic E-state index is 13.0. The van der Waals surface area contributed by atoms with E-state index in [4.69, 9.17) is 17.0 Å². The molecule has 0 aromatic heterocycles. The number of carbonyl (C=O) groups excluding carboxylic acids is 2. The molecular formula is C24H18N2O3S. The Morgan fingerprint density at radius 3 is 2.17 bits per heavy atom. The van der Waals surface area contributed by atoms with Gasteiger partial charge in [-0.05, 0) is 53.7 Å². The van der Waals surface area contributed by atoms with Crippen molar-refractivity contribution in [2.75, 3.05) is 4.90 Å². The van der Waals surface area contributed by atoms with E-state index in [9.17, 15) is 9.59 Å². The van der Waals surface area contributed by atoms with Crippen LogP contribution < -0.4 is 15.0 Å². The number of hydrogen-bond donors (Lipinski definition) is 1. The lowest BCUT2D eigenvalue weighted by atomic mass is 10.1. The predicted molar refractivity (Wildman–Crippen MR) is 120 cm³/mol. The molecule has 1 heterocycles. The van der Waals surface area contributed by atoms with Gasteiger partial charge in [-0.15, -0.1) is 0 Å². The van der Waals surface area contributed by atoms with Gasteiger partial charge >= 0.3 is 0 Å². The monoisotopic (exact) mass is 414 g/mol. The van der Waals surface area contributed by atoms with Gasteiger partial charge in [0, 0.05) is 0 Å². The minimum Gasteiger partial charge on any atom is -0.489 e. The number of benzene rings is 3. The van der Waals surface area contributed by atoms with Crippen molar-refractivity contribution in [1.82, 2.24) is 5.32 Å². The fourth-order valence-electron chi connectivity index (χ4n) is 3.04. The van der Waals surface area contributed by atoms with Crippen molar-refractivity contribution in [2.45, 2.75) is 6.61 Å². The van der Waals surface area contributed by atoms with Crippen molar-refractivity contribution < 1.29 is 14.3 Å². The highest BCUT2D eigenvalue weighted by Gasteiger charge is 2.34. The summed E-state index contributed by atoms with van der Waals surface area (Å²) in [7, 11) is 0. The van der Waals surface area contributed by atoms with E-state index in [1.807, 2.05) is 36.4 Å². The summed E-state index contributed by atoms with van der Waals surface area (Å²) in [5.41, 5.74) is 2.40. The van der Waals surface area contributed by atoms with E-state index in [-0.39, 0.29) is 10.7 Å². The minimum atomic E-state index is -0.512. The zero-order valence-electron chi connectivity index (χ0n) is 15.9. The van der Waals surface area contributed by atoms with Gasteiger partial charge in [0.1, 0.15) is 17.9 Å². The summed E-state index contributed by atoms with van der Waals surface area (Å²) in [6.07, 6.45) is 1.55. The summed E-state index contributed by atoms with van der Waals surface area (Å²) >= 11 is 5.20. The Kier molecular flexibility index (Phi) is 5.68. The average Bonchev–Trinajstić information content (AvgIpc) is 2.77. The molecule has 1 aliphatic rings. The number of amides is 2. The van der Waals surface area contributed by atoms with Gasteiger partial charge in [0.2, 0.25) is 0 Å². The molecule has 0 atom stereocenters. The standard InChI is InChI=1S/C24H18N2O3S/c27-22-21(23(28)26(24(30)25-22)19-9-5-2-6-10-19)15-17-11-13-20(14-12-17)29-16-18-7-3-1-4-8-18/h1-15H,16H2,(H,25,27,30)/b21-15+. The van der Waals surface area contributed by atoms with Crippen LogP contribution in [0.4, 0.5) is 5.69 Å². The van der Waals surface area contributed by atoms with Crippen molar-refractivity contribution in [3.05, 3.63) is 102 Å². The number of thiocarbonyl (C=S) groups is 1. The van der Waals surface area contributed by atoms with Crippen molar-refractivity contribution in [3.8, 4) is 5.75 Å². The number of nitrogens with zero attached hydrogens (tertiary/aromatic N) is 1. The first-order valence-electron chi connectivity index (χ1n) is 9.35. The molecule has 1 fully saturated rings. The first-order chi connectivity index (χ1) is 14.6. The molecule has 2 amide bonds. The number of para-hydroxylation sites is 1. The van der Waals surface area contributed by atoms with E-state index in [0.29, 0.717) is 23.6 Å². The summed E-state index contributed by atoms with van der Waals surface area (Å²) < 4.78 is 5.78. The van der Waals surface area contributed by atoms with Crippen LogP contribution in [-0.4, -0.2) is 16.9 Å². The second kappa shape index (κ2) is 8.71. The number of anilines is 1. The van der Waals surface area contributed by atoms with Gasteiger partial charge in [-0.25, -0.2) is 0 Å². The highest BCUT2D eigenvalue weighted by molar-refractivity contribution is 7.80. The zero-order chi connectivity index (χ0) is 20.9. The lowest BCUT2D eigenvalue weighted by molar-refractivity contribution is -0.122. The third-order valence-corrected chi connectivity index (χ3v) is 4.84. The maximum Gasteiger partial charge on any atom is 0.270 e. The lowest BCUT2D eigenvalue weighted by Gasteiger charge is -2.28. The highest BCUT2D eigenvalue weighted by Crippen LogP contribution is 2.22. The summed E-state index contributed by atoms with van der Waals surface area (Å²) in [5, 5.41) is 2.65. The molecule has 3 aromatic carbocycles. The Hall–Kier alpha value is -3.77. The van der Waals surface area contributed by atoms with E-state index in [0.717, 1.165) is 5.56 Å². The molecule has 1 aliphatic heterocycles. The average molecular weight is 414 g/mol. The van der Waals surface area contributed by atoms with Gasteiger partial charge in [-0.3, -0.25) is 19.8 Å². The Bertz CT molecular complexity index is 1110. The molecule has 0 spiro atoms. The lowest BCUT2D eigenvalue weighted by Crippen LogP contribution is -2.54. The predicted octanol–water partition coefficient (Wildman–Crippen LogP) is 4.10. The molecule has 3 aromatic rings. The van der Waals surface area contributed by atoms with Crippen LogP contribution in [0.5, 0.6) is 5.75 Å². The van der Waals surface area contributed by atoms with Crippen LogP contribution in [-0.2, 0) is 16.2 Å². The van der Waals surface area contributed by atoms with Crippen LogP contribution in [0.3, 0.4) is 0 Å². The molecule has 1 saturated heterocycles. The van der Waals surface area contributed by atoms with E-state index < -0.39 is 11.8 Å². The van der Waals surface area contributed by atoms with E-state index >= 15 is 0 Å². The smallest absolute Gasteiger partial charge is 0.270 e. The fraction of sp³-hybridized carbons (Fsp3) is 0.0417. The molecule has 4 rings (SSSR count). The van der Waals surface area contributed by atoms with E-state index in [1.54, 1.807) is 54.6 Å². The molecule has 6 heteroatoms. The Morgan fingerprint density at radius 1 is 0.867 bits per heavy atom. The van der Waals surface area contributed by atoms with Gasteiger partial charge in [-0.1, -0.05) is 60.7 Å². The second-order valence-corrected chi connectivity index (χ2v) is 7.02. The molecule has 0 bridgehead atoms. The normalized spacial score (nSPS) is 15.3. The third-order valence-electron chi connectivity index (χ3n) is 4.56. The topological polar surface area (TPSA) is 58.6 Å². The van der Waals surface area contributed by atoms with Crippen molar-refractivity contribution in [3.63, 3.8) is 0 Å². The van der Waals surface area contributed by atoms with Gasteiger partial charge in [0.05, 0.1) is 5.69 Å². The van der Waals surface area contributed by atoms with Crippen molar-refractivity contribution >= 4 is 40.9 Å². The number of carbonyl (C=O) groups is 2. The SMILES string of the molecule is O=C1NC(=S)N(c2ccccc2)C(=O)/C1=C/c1ccc(OCc2ccccc2)cc1. The second-order valence-electron chi connectivity index (χ2n) is 6.64. The summed E-state index contributed by atoms with van der Waals surface area (Å²) in [6.45, 7) is 0.464. The molecule has 148 valence electrons. The number of ether oxygens (including phenoxy) is 1. The van der Waals surface area contributed by atoms with Crippen LogP contribution in [0.25, 0.3) is 6.08 Å². The van der Waals surface area contributed by atoms with Crippen molar-refractivity contribution in [1.29, 1.82) is 0 Å². The first-order valence-corrected chi connectivity index (χ1v) is 9.76. The summed E-state index contributed by atoms with van der Waals surface area (Å²) in [4.78, 5) is 26.7. The van der Waals surface area contributed by atoms with Gasteiger partial charge in [0.25, 0.3) is 11.8 Å². The van der Waals surface area contributed by atoms with Crippen molar-refractivity contribution in [2.24, 2.45) is 0 Å². The Labute approximate surface area is 179 Å². The fourth-order valence-corrected chi connectivity index (χ4v) is 3.32. The summed E-state index contributed by atoms with van der Waals surface area (Å²) in [5.74, 6) is -0.270. The van der Waals surface area contributed by atoms with Crippen LogP contribution >= 0.6 is 12.2 Å². The maximum absolute atomic E-state index is 13.0. The highest BCUT2D eigenvalue weighted by atomic mass is 32.1. The van der Waals surface area contributed by atoms with Gasteiger partial charge < -0.3 is 4.74 Å². The van der Waals surface area contributed by atoms with Crippen LogP contribution in [0.2, 0.25) is 0 Å². The largest absolute Gasteiger partial charge is 0.489 e. The van der Waals surface area contributed by atoms with Gasteiger partial charge in [0.15, 0.2) is 5.11 Å². The third kappa shape index (κ3) is 4.29. The molecule has 5 nitrogen and oxygen atoms in total. The zero-order valence-corrected chi connectivity index (χ0v) is 16.8. The first kappa shape index (κ1) is 19.5. The molecule has 0 saturated carbocycles. The molecule has 0 radical (unpaired) electrons. The molecule has 30 heavy (non-hydrogen) atoms. The number of rotatable bonds is 5. The number of hydrogen-bond acceptors (Lipinski definition) is 4. The Balaban J connectivity index is 1.52. The van der Waals surface area contributed by atoms with E-state index in [1.165, 1.54) is 4.90 Å². The van der Waals surface area contributed by atoms with Crippen LogP contribution in [0.15, 0.2) is 90.5 Å². The van der Waals surface area contributed by atoms with Gasteiger partial charge in [-0.2, -0.15) is 0 Å². The summed E-state index contributed by atoms with van der Waals surface area (Å²) in [6, 6.07) is 26.1. The van der Waals surface area contributed by atoms with Crippen LogP contribution in [0, 0.1) is 0 Å². The Morgan fingerprint density at radius 2 is 1.50 bits per heavy atom. The molecule has 1 N–H and O–H groups in total. The molecule has 0 unspecified atom stereocenters. The number of nitrogens with one attached hydrogen (secondary N) is 1. The van der Waals surface area contributed by atoms with E-state index in [2.05, 4.69) is 5.32 Å². The quantitative estimate of drug-likeness (QED) is 0.388. The molecule has 0 aliphatic carbocycles. The minimum absolute atomic E-state index is 0.0189. The van der Waals surface area contributed by atoms with Crippen LogP contribution in [0.1, 0.15) is 11.1 Å².